The van der Waals surface area contributed by atoms with Gasteiger partial charge in [-0.3, -0.25) is 4.79 Å². The van der Waals surface area contributed by atoms with E-state index >= 15 is 0 Å². The van der Waals surface area contributed by atoms with Crippen LogP contribution in [-0.4, -0.2) is 18.5 Å². The van der Waals surface area contributed by atoms with E-state index in [-0.39, 0.29) is 11.7 Å². The van der Waals surface area contributed by atoms with Crippen LogP contribution in [0.3, 0.4) is 0 Å². The average Bonchev–Trinajstić information content (AvgIpc) is 2.31. The minimum Gasteiger partial charge on any atom is -0.372 e. The molecule has 1 rings (SSSR count). The van der Waals surface area contributed by atoms with Crippen molar-refractivity contribution >= 4 is 11.6 Å². The summed E-state index contributed by atoms with van der Waals surface area (Å²) in [5.41, 5.74) is 0.351. The number of rotatable bonds is 6. The molecule has 0 aliphatic heterocycles. The van der Waals surface area contributed by atoms with E-state index in [1.807, 2.05) is 0 Å². The summed E-state index contributed by atoms with van der Waals surface area (Å²) in [6, 6.07) is 5.89. The van der Waals surface area contributed by atoms with E-state index in [2.05, 4.69) is 24.5 Å². The van der Waals surface area contributed by atoms with Crippen LogP contribution in [-0.2, 0) is 4.79 Å². The summed E-state index contributed by atoms with van der Waals surface area (Å²) in [5, 5.41) is 5.69. The van der Waals surface area contributed by atoms with Gasteiger partial charge in [0.25, 0.3) is 0 Å². The van der Waals surface area contributed by atoms with Crippen LogP contribution in [0.4, 0.5) is 10.1 Å². The van der Waals surface area contributed by atoms with Crippen LogP contribution in [0.15, 0.2) is 24.3 Å². The lowest BCUT2D eigenvalue weighted by atomic mass is 10.1. The Balaban J connectivity index is 2.43. The van der Waals surface area contributed by atoms with Crippen LogP contribution in [0.1, 0.15) is 27.2 Å². The summed E-state index contributed by atoms with van der Waals surface area (Å²) < 4.78 is 13.4. The normalized spacial score (nSPS) is 12.3. The molecular formula is C14H21FN2O. The molecule has 18 heavy (non-hydrogen) atoms. The first-order valence-electron chi connectivity index (χ1n) is 6.29. The van der Waals surface area contributed by atoms with Gasteiger partial charge in [0, 0.05) is 6.54 Å². The number of anilines is 1. The Bertz CT molecular complexity index is 393. The highest BCUT2D eigenvalue weighted by molar-refractivity contribution is 5.84. The smallest absolute Gasteiger partial charge is 0.242 e. The zero-order valence-electron chi connectivity index (χ0n) is 11.2. The SMILES string of the molecule is CC(C)CCNC(=O)C(C)Nc1ccccc1F. The summed E-state index contributed by atoms with van der Waals surface area (Å²) in [6.07, 6.45) is 0.943. The predicted octanol–water partition coefficient (Wildman–Crippen LogP) is 2.79. The summed E-state index contributed by atoms with van der Waals surface area (Å²) in [7, 11) is 0. The van der Waals surface area contributed by atoms with Crippen LogP contribution in [0, 0.1) is 11.7 Å². The van der Waals surface area contributed by atoms with E-state index in [0.717, 1.165) is 6.42 Å². The molecule has 100 valence electrons. The van der Waals surface area contributed by atoms with Gasteiger partial charge in [-0.1, -0.05) is 26.0 Å². The Kier molecular flexibility index (Phi) is 5.62. The minimum atomic E-state index is -0.450. The molecule has 4 heteroatoms. The quantitative estimate of drug-likeness (QED) is 0.817. The molecule has 0 radical (unpaired) electrons. The second-order valence-electron chi connectivity index (χ2n) is 4.82. The molecule has 0 saturated carbocycles. The third-order valence-electron chi connectivity index (χ3n) is 2.66. The molecule has 0 bridgehead atoms. The predicted molar refractivity (Wildman–Crippen MR) is 71.9 cm³/mol. The maximum absolute atomic E-state index is 13.4. The maximum atomic E-state index is 13.4. The fourth-order valence-electron chi connectivity index (χ4n) is 1.51. The first-order chi connectivity index (χ1) is 8.50. The van der Waals surface area contributed by atoms with Gasteiger partial charge in [-0.25, -0.2) is 4.39 Å². The van der Waals surface area contributed by atoms with E-state index in [1.165, 1.54) is 6.07 Å². The number of amides is 1. The van der Waals surface area contributed by atoms with E-state index in [4.69, 9.17) is 0 Å². The summed E-state index contributed by atoms with van der Waals surface area (Å²) in [4.78, 5) is 11.7. The molecule has 0 aromatic heterocycles. The number of benzene rings is 1. The van der Waals surface area contributed by atoms with Crippen LogP contribution >= 0.6 is 0 Å². The third-order valence-corrected chi connectivity index (χ3v) is 2.66. The molecular weight excluding hydrogens is 231 g/mol. The first-order valence-corrected chi connectivity index (χ1v) is 6.29. The molecule has 1 atom stereocenters. The molecule has 1 aromatic rings. The lowest BCUT2D eigenvalue weighted by molar-refractivity contribution is -0.121. The zero-order valence-corrected chi connectivity index (χ0v) is 11.2. The topological polar surface area (TPSA) is 41.1 Å². The molecule has 1 amide bonds. The van der Waals surface area contributed by atoms with Crippen molar-refractivity contribution in [1.82, 2.24) is 5.32 Å². The second kappa shape index (κ2) is 6.99. The summed E-state index contributed by atoms with van der Waals surface area (Å²) in [5.74, 6) is 0.0957. The molecule has 1 unspecified atom stereocenters. The Hall–Kier alpha value is -1.58. The van der Waals surface area contributed by atoms with E-state index in [1.54, 1.807) is 25.1 Å². The molecule has 3 nitrogen and oxygen atoms in total. The third kappa shape index (κ3) is 4.73. The number of nitrogens with one attached hydrogen (secondary N) is 2. The summed E-state index contributed by atoms with van der Waals surface area (Å²) in [6.45, 7) is 6.58. The largest absolute Gasteiger partial charge is 0.372 e. The molecule has 0 aliphatic carbocycles. The van der Waals surface area contributed by atoms with Crippen molar-refractivity contribution in [2.75, 3.05) is 11.9 Å². The lowest BCUT2D eigenvalue weighted by Crippen LogP contribution is -2.38. The fourth-order valence-corrected chi connectivity index (χ4v) is 1.51. The number of hydrogen-bond donors (Lipinski definition) is 2. The van der Waals surface area contributed by atoms with Crippen molar-refractivity contribution in [2.24, 2.45) is 5.92 Å². The fraction of sp³-hybridized carbons (Fsp3) is 0.500. The van der Waals surface area contributed by atoms with Crippen molar-refractivity contribution in [2.45, 2.75) is 33.2 Å². The minimum absolute atomic E-state index is 0.112. The van der Waals surface area contributed by atoms with Gasteiger partial charge in [0.1, 0.15) is 11.9 Å². The number of hydrogen-bond acceptors (Lipinski definition) is 2. The molecule has 2 N–H and O–H groups in total. The Labute approximate surface area is 108 Å². The monoisotopic (exact) mass is 252 g/mol. The van der Waals surface area contributed by atoms with Gasteiger partial charge in [-0.15, -0.1) is 0 Å². The Morgan fingerprint density at radius 2 is 1.94 bits per heavy atom. The molecule has 0 saturated heterocycles. The standard InChI is InChI=1S/C14H21FN2O/c1-10(2)8-9-16-14(18)11(3)17-13-7-5-4-6-12(13)15/h4-7,10-11,17H,8-9H2,1-3H3,(H,16,18). The van der Waals surface area contributed by atoms with Gasteiger partial charge < -0.3 is 10.6 Å². The van der Waals surface area contributed by atoms with Crippen molar-refractivity contribution in [1.29, 1.82) is 0 Å². The highest BCUT2D eigenvalue weighted by Crippen LogP contribution is 2.13. The maximum Gasteiger partial charge on any atom is 0.242 e. The second-order valence-corrected chi connectivity index (χ2v) is 4.82. The number of carbonyl (C=O) groups is 1. The van der Waals surface area contributed by atoms with Crippen LogP contribution in [0.2, 0.25) is 0 Å². The highest BCUT2D eigenvalue weighted by atomic mass is 19.1. The Morgan fingerprint density at radius 3 is 2.56 bits per heavy atom. The van der Waals surface area contributed by atoms with Crippen molar-refractivity contribution in [3.05, 3.63) is 30.1 Å². The van der Waals surface area contributed by atoms with E-state index in [0.29, 0.717) is 18.2 Å². The molecule has 1 aromatic carbocycles. The number of halogens is 1. The Morgan fingerprint density at radius 1 is 1.28 bits per heavy atom. The van der Waals surface area contributed by atoms with Gasteiger partial charge in [-0.05, 0) is 31.4 Å². The zero-order chi connectivity index (χ0) is 13.5. The van der Waals surface area contributed by atoms with Gasteiger partial charge in [0.2, 0.25) is 5.91 Å². The van der Waals surface area contributed by atoms with Gasteiger partial charge in [-0.2, -0.15) is 0 Å². The first kappa shape index (κ1) is 14.5. The van der Waals surface area contributed by atoms with Crippen molar-refractivity contribution in [3.63, 3.8) is 0 Å². The van der Waals surface area contributed by atoms with E-state index in [9.17, 15) is 9.18 Å². The molecule has 0 aliphatic rings. The summed E-state index contributed by atoms with van der Waals surface area (Å²) >= 11 is 0. The molecule has 0 heterocycles. The molecule has 0 spiro atoms. The average molecular weight is 252 g/mol. The number of para-hydroxylation sites is 1. The van der Waals surface area contributed by atoms with Crippen LogP contribution in [0.25, 0.3) is 0 Å². The van der Waals surface area contributed by atoms with Gasteiger partial charge in [0.15, 0.2) is 0 Å². The van der Waals surface area contributed by atoms with Gasteiger partial charge in [0.05, 0.1) is 5.69 Å². The van der Waals surface area contributed by atoms with Gasteiger partial charge >= 0.3 is 0 Å². The molecule has 0 fully saturated rings. The highest BCUT2D eigenvalue weighted by Gasteiger charge is 2.13. The van der Waals surface area contributed by atoms with Crippen LogP contribution < -0.4 is 10.6 Å². The number of carbonyl (C=O) groups excluding carboxylic acids is 1. The van der Waals surface area contributed by atoms with E-state index < -0.39 is 6.04 Å². The van der Waals surface area contributed by atoms with Crippen molar-refractivity contribution in [3.8, 4) is 0 Å². The lowest BCUT2D eigenvalue weighted by Gasteiger charge is -2.16. The van der Waals surface area contributed by atoms with Crippen LogP contribution in [0.5, 0.6) is 0 Å². The van der Waals surface area contributed by atoms with Crippen molar-refractivity contribution < 1.29 is 9.18 Å².